The van der Waals surface area contributed by atoms with E-state index < -0.39 is 0 Å². The van der Waals surface area contributed by atoms with Crippen molar-refractivity contribution in [3.8, 4) is 0 Å². The van der Waals surface area contributed by atoms with Crippen molar-refractivity contribution in [3.63, 3.8) is 0 Å². The largest absolute Gasteiger partial charge is 0.367 e. The van der Waals surface area contributed by atoms with Crippen LogP contribution in [0.3, 0.4) is 0 Å². The number of anilines is 2. The smallest absolute Gasteiger partial charge is 0.225 e. The zero-order chi connectivity index (χ0) is 19.2. The van der Waals surface area contributed by atoms with Gasteiger partial charge in [-0.2, -0.15) is 0 Å². The van der Waals surface area contributed by atoms with Crippen molar-refractivity contribution in [1.82, 2.24) is 4.90 Å². The van der Waals surface area contributed by atoms with Gasteiger partial charge in [0.25, 0.3) is 0 Å². The quantitative estimate of drug-likeness (QED) is 0.795. The molecule has 1 aliphatic rings. The lowest BCUT2D eigenvalue weighted by Crippen LogP contribution is -2.47. The van der Waals surface area contributed by atoms with Crippen molar-refractivity contribution in [2.75, 3.05) is 42.9 Å². The molecule has 3 rings (SSSR count). The van der Waals surface area contributed by atoms with Crippen molar-refractivity contribution < 1.29 is 14.0 Å². The fourth-order valence-electron chi connectivity index (χ4n) is 3.20. The molecule has 1 N–H and O–H groups in total. The molecular weight excluding hydrogens is 345 g/mol. The number of ketones is 1. The lowest BCUT2D eigenvalue weighted by molar-refractivity contribution is -0.116. The molecular formula is C21H24FN3O2. The third kappa shape index (κ3) is 5.14. The van der Waals surface area contributed by atoms with E-state index in [2.05, 4.69) is 10.2 Å². The second-order valence-corrected chi connectivity index (χ2v) is 6.72. The van der Waals surface area contributed by atoms with E-state index in [0.717, 1.165) is 18.8 Å². The van der Waals surface area contributed by atoms with E-state index in [1.165, 1.54) is 13.0 Å². The number of rotatable bonds is 6. The van der Waals surface area contributed by atoms with E-state index >= 15 is 0 Å². The molecule has 0 aromatic heterocycles. The van der Waals surface area contributed by atoms with Crippen LogP contribution in [0.25, 0.3) is 0 Å². The molecule has 142 valence electrons. The number of carbonyl (C=O) groups excluding carboxylic acids is 2. The van der Waals surface area contributed by atoms with Crippen LogP contribution in [-0.2, 0) is 4.79 Å². The Morgan fingerprint density at radius 1 is 1.04 bits per heavy atom. The van der Waals surface area contributed by atoms with E-state index in [0.29, 0.717) is 37.3 Å². The highest BCUT2D eigenvalue weighted by Crippen LogP contribution is 2.22. The second kappa shape index (κ2) is 8.77. The molecule has 0 spiro atoms. The summed E-state index contributed by atoms with van der Waals surface area (Å²) >= 11 is 0. The molecule has 1 fully saturated rings. The van der Waals surface area contributed by atoms with Gasteiger partial charge in [-0.3, -0.25) is 14.5 Å². The van der Waals surface area contributed by atoms with Crippen LogP contribution in [0, 0.1) is 5.82 Å². The first-order valence-electron chi connectivity index (χ1n) is 9.15. The van der Waals surface area contributed by atoms with Gasteiger partial charge in [-0.15, -0.1) is 0 Å². The Kier molecular flexibility index (Phi) is 6.19. The molecule has 6 heteroatoms. The third-order valence-corrected chi connectivity index (χ3v) is 4.78. The highest BCUT2D eigenvalue weighted by Gasteiger charge is 2.20. The molecule has 1 amide bonds. The molecule has 0 unspecified atom stereocenters. The molecule has 2 aromatic carbocycles. The van der Waals surface area contributed by atoms with Crippen LogP contribution < -0.4 is 10.2 Å². The number of hydrogen-bond donors (Lipinski definition) is 1. The Labute approximate surface area is 158 Å². The van der Waals surface area contributed by atoms with Gasteiger partial charge in [0.2, 0.25) is 5.91 Å². The monoisotopic (exact) mass is 369 g/mol. The first-order chi connectivity index (χ1) is 13.0. The lowest BCUT2D eigenvalue weighted by Gasteiger charge is -2.36. The molecule has 0 aliphatic carbocycles. The van der Waals surface area contributed by atoms with Crippen molar-refractivity contribution in [1.29, 1.82) is 0 Å². The molecule has 0 bridgehead atoms. The van der Waals surface area contributed by atoms with Crippen LogP contribution in [0.1, 0.15) is 23.7 Å². The minimum atomic E-state index is -0.363. The first-order valence-corrected chi connectivity index (χ1v) is 9.15. The number of Topliss-reactive ketones (excluding diaryl/α,β-unsaturated/α-hetero) is 1. The molecule has 0 radical (unpaired) electrons. The maximum Gasteiger partial charge on any atom is 0.225 e. The van der Waals surface area contributed by atoms with E-state index in [1.54, 1.807) is 12.1 Å². The van der Waals surface area contributed by atoms with Gasteiger partial charge in [0.15, 0.2) is 5.78 Å². The fourth-order valence-corrected chi connectivity index (χ4v) is 3.20. The molecule has 27 heavy (non-hydrogen) atoms. The van der Waals surface area contributed by atoms with Crippen molar-refractivity contribution in [2.24, 2.45) is 0 Å². The van der Waals surface area contributed by atoms with Crippen LogP contribution in [0.5, 0.6) is 0 Å². The molecule has 5 nitrogen and oxygen atoms in total. The number of hydrogen-bond acceptors (Lipinski definition) is 4. The lowest BCUT2D eigenvalue weighted by atomic mass is 10.1. The van der Waals surface area contributed by atoms with E-state index in [4.69, 9.17) is 0 Å². The van der Waals surface area contributed by atoms with E-state index in [-0.39, 0.29) is 17.5 Å². The summed E-state index contributed by atoms with van der Waals surface area (Å²) < 4.78 is 14.3. The number of nitrogens with zero attached hydrogens (tertiary/aromatic N) is 2. The normalized spacial score (nSPS) is 14.8. The Bertz CT molecular complexity index is 802. The minimum Gasteiger partial charge on any atom is -0.367 e. The number of amides is 1. The molecule has 0 atom stereocenters. The number of carbonyl (C=O) groups is 2. The van der Waals surface area contributed by atoms with Crippen molar-refractivity contribution in [3.05, 3.63) is 59.9 Å². The highest BCUT2D eigenvalue weighted by molar-refractivity contribution is 5.94. The van der Waals surface area contributed by atoms with Crippen LogP contribution in [0.2, 0.25) is 0 Å². The summed E-state index contributed by atoms with van der Waals surface area (Å²) in [5.41, 5.74) is 1.72. The summed E-state index contributed by atoms with van der Waals surface area (Å²) in [5, 5.41) is 2.88. The van der Waals surface area contributed by atoms with Crippen LogP contribution in [0.15, 0.2) is 48.5 Å². The third-order valence-electron chi connectivity index (χ3n) is 4.78. The van der Waals surface area contributed by atoms with Crippen LogP contribution >= 0.6 is 0 Å². The highest BCUT2D eigenvalue weighted by atomic mass is 19.1. The molecule has 2 aromatic rings. The summed E-state index contributed by atoms with van der Waals surface area (Å²) in [6.45, 7) is 5.03. The van der Waals surface area contributed by atoms with E-state index in [1.807, 2.05) is 35.2 Å². The summed E-state index contributed by atoms with van der Waals surface area (Å²) in [4.78, 5) is 27.6. The zero-order valence-corrected chi connectivity index (χ0v) is 15.5. The maximum absolute atomic E-state index is 14.3. The predicted octanol–water partition coefficient (Wildman–Crippen LogP) is 3.18. The van der Waals surface area contributed by atoms with Crippen LogP contribution in [0.4, 0.5) is 15.8 Å². The summed E-state index contributed by atoms with van der Waals surface area (Å²) in [5.74, 6) is -0.507. The number of para-hydroxylation sites is 1. The maximum atomic E-state index is 14.3. The average molecular weight is 369 g/mol. The zero-order valence-electron chi connectivity index (χ0n) is 15.5. The summed E-state index contributed by atoms with van der Waals surface area (Å²) in [6, 6.07) is 14.1. The minimum absolute atomic E-state index is 0.00510. The molecule has 0 saturated carbocycles. The molecule has 1 saturated heterocycles. The van der Waals surface area contributed by atoms with Gasteiger partial charge in [0, 0.05) is 50.4 Å². The van der Waals surface area contributed by atoms with Gasteiger partial charge < -0.3 is 10.2 Å². The summed E-state index contributed by atoms with van der Waals surface area (Å²) in [7, 11) is 0. The Morgan fingerprint density at radius 3 is 2.37 bits per heavy atom. The Hall–Kier alpha value is -2.73. The number of benzene rings is 2. The van der Waals surface area contributed by atoms with Gasteiger partial charge in [-0.1, -0.05) is 18.2 Å². The van der Waals surface area contributed by atoms with Crippen molar-refractivity contribution in [2.45, 2.75) is 13.3 Å². The van der Waals surface area contributed by atoms with Gasteiger partial charge >= 0.3 is 0 Å². The van der Waals surface area contributed by atoms with Gasteiger partial charge in [-0.05, 0) is 37.3 Å². The SMILES string of the molecule is CC(=O)c1ccc(N2CCN(CCC(=O)Nc3ccccc3)CC2)c(F)c1. The Balaban J connectivity index is 1.46. The number of piperazine rings is 1. The molecule has 1 heterocycles. The second-order valence-electron chi connectivity index (χ2n) is 6.72. The first kappa shape index (κ1) is 19.0. The molecule has 1 aliphatic heterocycles. The van der Waals surface area contributed by atoms with E-state index in [9.17, 15) is 14.0 Å². The number of halogens is 1. The van der Waals surface area contributed by atoms with Crippen molar-refractivity contribution >= 4 is 23.1 Å². The number of nitrogens with one attached hydrogen (secondary N) is 1. The topological polar surface area (TPSA) is 52.7 Å². The van der Waals surface area contributed by atoms with Gasteiger partial charge in [0.05, 0.1) is 5.69 Å². The standard InChI is InChI=1S/C21H24FN3O2/c1-16(26)17-7-8-20(19(22)15-17)25-13-11-24(12-14-25)10-9-21(27)23-18-5-3-2-4-6-18/h2-8,15H,9-14H2,1H3,(H,23,27). The predicted molar refractivity (Wildman–Crippen MR) is 105 cm³/mol. The van der Waals surface area contributed by atoms with Gasteiger partial charge in [-0.25, -0.2) is 4.39 Å². The fraction of sp³-hybridized carbons (Fsp3) is 0.333. The summed E-state index contributed by atoms with van der Waals surface area (Å²) in [6.07, 6.45) is 0.427. The van der Waals surface area contributed by atoms with Crippen LogP contribution in [-0.4, -0.2) is 49.3 Å². The average Bonchev–Trinajstić information content (AvgIpc) is 2.67. The van der Waals surface area contributed by atoms with Gasteiger partial charge in [0.1, 0.15) is 5.82 Å². The Morgan fingerprint density at radius 2 is 1.74 bits per heavy atom.